The molecule has 0 spiro atoms. The number of benzene rings is 1. The van der Waals surface area contributed by atoms with Gasteiger partial charge in [0.1, 0.15) is 11.6 Å². The Bertz CT molecular complexity index is 465. The topological polar surface area (TPSA) is 38.9 Å². The lowest BCUT2D eigenvalue weighted by molar-refractivity contribution is 0.577. The zero-order valence-corrected chi connectivity index (χ0v) is 8.40. The molecule has 1 aromatic carbocycles. The summed E-state index contributed by atoms with van der Waals surface area (Å²) >= 11 is 0. The van der Waals surface area contributed by atoms with Crippen LogP contribution in [-0.4, -0.2) is 4.98 Å². The van der Waals surface area contributed by atoms with E-state index >= 15 is 0 Å². The standard InChI is InChI=1S/C12H10F2N2/c13-10-4-9(5-11(14)6-10)12(15)8-2-1-3-16-7-8/h1-7,12H,15H2. The van der Waals surface area contributed by atoms with E-state index in [4.69, 9.17) is 5.73 Å². The maximum absolute atomic E-state index is 13.0. The number of hydrogen-bond acceptors (Lipinski definition) is 2. The first-order valence-corrected chi connectivity index (χ1v) is 4.78. The van der Waals surface area contributed by atoms with E-state index in [9.17, 15) is 8.78 Å². The number of nitrogens with two attached hydrogens (primary N) is 1. The first kappa shape index (κ1) is 10.7. The summed E-state index contributed by atoms with van der Waals surface area (Å²) < 4.78 is 26.0. The van der Waals surface area contributed by atoms with E-state index < -0.39 is 17.7 Å². The molecular formula is C12H10F2N2. The molecule has 0 saturated heterocycles. The average Bonchev–Trinajstić information content (AvgIpc) is 2.28. The summed E-state index contributed by atoms with van der Waals surface area (Å²) in [6.45, 7) is 0. The fraction of sp³-hybridized carbons (Fsp3) is 0.0833. The van der Waals surface area contributed by atoms with E-state index in [0.29, 0.717) is 11.1 Å². The third-order valence-corrected chi connectivity index (χ3v) is 2.29. The van der Waals surface area contributed by atoms with Crippen molar-refractivity contribution in [1.82, 2.24) is 4.98 Å². The molecule has 1 heterocycles. The Kier molecular flexibility index (Phi) is 2.92. The minimum absolute atomic E-state index is 0.394. The Balaban J connectivity index is 2.37. The van der Waals surface area contributed by atoms with Crippen molar-refractivity contribution >= 4 is 0 Å². The van der Waals surface area contributed by atoms with Crippen molar-refractivity contribution in [2.24, 2.45) is 5.73 Å². The van der Waals surface area contributed by atoms with Crippen LogP contribution in [0.1, 0.15) is 17.2 Å². The maximum Gasteiger partial charge on any atom is 0.126 e. The van der Waals surface area contributed by atoms with Gasteiger partial charge in [-0.2, -0.15) is 0 Å². The first-order chi connectivity index (χ1) is 7.66. The van der Waals surface area contributed by atoms with Crippen LogP contribution in [0.3, 0.4) is 0 Å². The number of halogens is 2. The lowest BCUT2D eigenvalue weighted by atomic mass is 10.0. The normalized spacial score (nSPS) is 12.4. The molecule has 16 heavy (non-hydrogen) atoms. The van der Waals surface area contributed by atoms with E-state index in [1.807, 2.05) is 0 Å². The van der Waals surface area contributed by atoms with Crippen molar-refractivity contribution < 1.29 is 8.78 Å². The van der Waals surface area contributed by atoms with E-state index in [2.05, 4.69) is 4.98 Å². The van der Waals surface area contributed by atoms with Gasteiger partial charge in [0.15, 0.2) is 0 Å². The van der Waals surface area contributed by atoms with Gasteiger partial charge in [0.2, 0.25) is 0 Å². The van der Waals surface area contributed by atoms with Crippen molar-refractivity contribution in [3.8, 4) is 0 Å². The lowest BCUT2D eigenvalue weighted by Crippen LogP contribution is -2.12. The molecule has 2 nitrogen and oxygen atoms in total. The van der Waals surface area contributed by atoms with Crippen LogP contribution < -0.4 is 5.73 Å². The molecule has 2 aromatic rings. The Hall–Kier alpha value is -1.81. The van der Waals surface area contributed by atoms with Crippen LogP contribution in [0.25, 0.3) is 0 Å². The second-order valence-electron chi connectivity index (χ2n) is 3.47. The number of aromatic nitrogens is 1. The maximum atomic E-state index is 13.0. The van der Waals surface area contributed by atoms with Crippen LogP contribution in [0.5, 0.6) is 0 Å². The predicted octanol–water partition coefficient (Wildman–Crippen LogP) is 2.41. The van der Waals surface area contributed by atoms with Gasteiger partial charge in [-0.05, 0) is 29.3 Å². The summed E-state index contributed by atoms with van der Waals surface area (Å²) in [7, 11) is 0. The van der Waals surface area contributed by atoms with Crippen LogP contribution in [-0.2, 0) is 0 Å². The van der Waals surface area contributed by atoms with Crippen LogP contribution >= 0.6 is 0 Å². The van der Waals surface area contributed by atoms with Gasteiger partial charge < -0.3 is 5.73 Å². The molecule has 0 radical (unpaired) electrons. The van der Waals surface area contributed by atoms with E-state index in [1.165, 1.54) is 12.1 Å². The van der Waals surface area contributed by atoms with Crippen molar-refractivity contribution in [1.29, 1.82) is 0 Å². The van der Waals surface area contributed by atoms with Gasteiger partial charge in [-0.3, -0.25) is 4.98 Å². The molecule has 1 atom stereocenters. The predicted molar refractivity (Wildman–Crippen MR) is 56.6 cm³/mol. The Labute approximate surface area is 91.7 Å². The summed E-state index contributed by atoms with van der Waals surface area (Å²) in [5.41, 5.74) is 6.99. The summed E-state index contributed by atoms with van der Waals surface area (Å²) in [5, 5.41) is 0. The molecule has 2 rings (SSSR count). The van der Waals surface area contributed by atoms with Gasteiger partial charge >= 0.3 is 0 Å². The number of rotatable bonds is 2. The second kappa shape index (κ2) is 4.37. The highest BCUT2D eigenvalue weighted by atomic mass is 19.1. The summed E-state index contributed by atoms with van der Waals surface area (Å²) in [4.78, 5) is 3.91. The smallest absolute Gasteiger partial charge is 0.126 e. The fourth-order valence-corrected chi connectivity index (χ4v) is 1.51. The second-order valence-corrected chi connectivity index (χ2v) is 3.47. The Morgan fingerprint density at radius 1 is 1.06 bits per heavy atom. The molecule has 0 bridgehead atoms. The van der Waals surface area contributed by atoms with Gasteiger partial charge in [0.25, 0.3) is 0 Å². The van der Waals surface area contributed by atoms with Gasteiger partial charge in [-0.25, -0.2) is 8.78 Å². The SMILES string of the molecule is NC(c1cccnc1)c1cc(F)cc(F)c1. The third-order valence-electron chi connectivity index (χ3n) is 2.29. The van der Waals surface area contributed by atoms with E-state index in [1.54, 1.807) is 24.5 Å². The average molecular weight is 220 g/mol. The monoisotopic (exact) mass is 220 g/mol. The van der Waals surface area contributed by atoms with Gasteiger partial charge in [-0.15, -0.1) is 0 Å². The van der Waals surface area contributed by atoms with Crippen molar-refractivity contribution in [2.75, 3.05) is 0 Å². The zero-order valence-electron chi connectivity index (χ0n) is 8.40. The van der Waals surface area contributed by atoms with Crippen molar-refractivity contribution in [3.05, 3.63) is 65.5 Å². The lowest BCUT2D eigenvalue weighted by Gasteiger charge is -2.12. The van der Waals surface area contributed by atoms with Crippen LogP contribution in [0, 0.1) is 11.6 Å². The van der Waals surface area contributed by atoms with Crippen LogP contribution in [0.2, 0.25) is 0 Å². The summed E-state index contributed by atoms with van der Waals surface area (Å²) in [5.74, 6) is -1.26. The number of nitrogens with zero attached hydrogens (tertiary/aromatic N) is 1. The molecular weight excluding hydrogens is 210 g/mol. The highest BCUT2D eigenvalue weighted by molar-refractivity contribution is 5.30. The minimum Gasteiger partial charge on any atom is -0.320 e. The molecule has 0 saturated carbocycles. The number of hydrogen-bond donors (Lipinski definition) is 1. The van der Waals surface area contributed by atoms with Gasteiger partial charge in [0, 0.05) is 18.5 Å². The first-order valence-electron chi connectivity index (χ1n) is 4.78. The molecule has 1 aromatic heterocycles. The third kappa shape index (κ3) is 2.23. The molecule has 0 aliphatic carbocycles. The van der Waals surface area contributed by atoms with Crippen LogP contribution in [0.4, 0.5) is 8.78 Å². The Morgan fingerprint density at radius 3 is 2.31 bits per heavy atom. The highest BCUT2D eigenvalue weighted by Crippen LogP contribution is 2.20. The van der Waals surface area contributed by atoms with E-state index in [0.717, 1.165) is 6.07 Å². The van der Waals surface area contributed by atoms with Gasteiger partial charge in [0.05, 0.1) is 6.04 Å². The number of pyridine rings is 1. The van der Waals surface area contributed by atoms with Gasteiger partial charge in [-0.1, -0.05) is 6.07 Å². The molecule has 0 aliphatic rings. The quantitative estimate of drug-likeness (QED) is 0.844. The Morgan fingerprint density at radius 2 is 1.75 bits per heavy atom. The van der Waals surface area contributed by atoms with Crippen LogP contribution in [0.15, 0.2) is 42.7 Å². The molecule has 82 valence electrons. The van der Waals surface area contributed by atoms with E-state index in [-0.39, 0.29) is 0 Å². The minimum atomic E-state index is -0.630. The molecule has 1 unspecified atom stereocenters. The molecule has 0 aliphatic heterocycles. The largest absolute Gasteiger partial charge is 0.320 e. The zero-order chi connectivity index (χ0) is 11.5. The summed E-state index contributed by atoms with van der Waals surface area (Å²) in [6, 6.07) is 6.19. The molecule has 0 fully saturated rings. The fourth-order valence-electron chi connectivity index (χ4n) is 1.51. The van der Waals surface area contributed by atoms with Crippen molar-refractivity contribution in [3.63, 3.8) is 0 Å². The molecule has 0 amide bonds. The van der Waals surface area contributed by atoms with Crippen molar-refractivity contribution in [2.45, 2.75) is 6.04 Å². The molecule has 4 heteroatoms. The molecule has 2 N–H and O–H groups in total. The summed E-state index contributed by atoms with van der Waals surface area (Å²) in [6.07, 6.45) is 3.19. The highest BCUT2D eigenvalue weighted by Gasteiger charge is 2.11.